The van der Waals surface area contributed by atoms with Crippen molar-refractivity contribution >= 4 is 12.4 Å². The lowest BCUT2D eigenvalue weighted by atomic mass is 10.3. The van der Waals surface area contributed by atoms with E-state index in [1.807, 2.05) is 0 Å². The molecule has 70 valence electrons. The molecule has 9 heteroatoms. The topological polar surface area (TPSA) is 109 Å². The molecule has 0 radical (unpaired) electrons. The first kappa shape index (κ1) is 9.52. The molecule has 0 aliphatic heterocycles. The number of hydrogen-bond donors (Lipinski definition) is 2. The van der Waals surface area contributed by atoms with E-state index in [0.29, 0.717) is 12.8 Å². The Morgan fingerprint density at radius 3 is 1.62 bits per heavy atom. The average Bonchev–Trinajstić information content (AvgIpc) is 2.74. The molecule has 0 aliphatic rings. The van der Waals surface area contributed by atoms with Crippen molar-refractivity contribution in [3.8, 4) is 0 Å². The van der Waals surface area contributed by atoms with Gasteiger partial charge < -0.3 is 0 Å². The Kier molecular flexibility index (Phi) is 3.26. The molecule has 0 bridgehead atoms. The Balaban J connectivity index is 0.000000845. The highest BCUT2D eigenvalue weighted by Gasteiger charge is 2.00. The van der Waals surface area contributed by atoms with Crippen molar-refractivity contribution in [3.05, 3.63) is 11.6 Å². The number of rotatable bonds is 3. The van der Waals surface area contributed by atoms with Crippen LogP contribution in [-0.2, 0) is 12.8 Å². The zero-order chi connectivity index (χ0) is 8.23. The largest absolute Gasteiger partial charge is 0.243 e. The van der Waals surface area contributed by atoms with Crippen LogP contribution in [0, 0.1) is 0 Å². The van der Waals surface area contributed by atoms with E-state index in [1.165, 1.54) is 0 Å². The minimum Gasteiger partial charge on any atom is -0.243 e. The van der Waals surface area contributed by atoms with Crippen LogP contribution in [0.3, 0.4) is 0 Å². The normalized spacial score (nSPS) is 9.54. The van der Waals surface area contributed by atoms with E-state index in [-0.39, 0.29) is 12.4 Å². The minimum atomic E-state index is 0. The molecule has 8 nitrogen and oxygen atoms in total. The number of hydrogen-bond acceptors (Lipinski definition) is 6. The molecule has 0 aliphatic carbocycles. The van der Waals surface area contributed by atoms with Gasteiger partial charge in [0.25, 0.3) is 0 Å². The molecule has 2 aromatic rings. The molecule has 0 saturated carbocycles. The molecular weight excluding hydrogens is 196 g/mol. The number of aromatic nitrogens is 8. The number of H-pyrrole nitrogens is 2. The maximum absolute atomic E-state index is 3.72. The second-order valence-corrected chi connectivity index (χ2v) is 2.20. The summed E-state index contributed by atoms with van der Waals surface area (Å²) in [7, 11) is 0. The van der Waals surface area contributed by atoms with E-state index in [2.05, 4.69) is 41.2 Å². The SMILES string of the molecule is C(Cc1nnn[nH]1)c1nnn[nH]1.Cl. The number of aryl methyl sites for hydroxylation is 2. The van der Waals surface area contributed by atoms with Gasteiger partial charge in [-0.15, -0.1) is 22.6 Å². The minimum absolute atomic E-state index is 0. The van der Waals surface area contributed by atoms with Crippen molar-refractivity contribution < 1.29 is 0 Å². The Labute approximate surface area is 78.9 Å². The number of nitrogens with zero attached hydrogens (tertiary/aromatic N) is 6. The zero-order valence-electron chi connectivity index (χ0n) is 6.51. The highest BCUT2D eigenvalue weighted by atomic mass is 35.5. The van der Waals surface area contributed by atoms with E-state index in [1.54, 1.807) is 0 Å². The Morgan fingerprint density at radius 2 is 1.31 bits per heavy atom. The molecule has 0 saturated heterocycles. The Bertz CT molecular complexity index is 280. The quantitative estimate of drug-likeness (QED) is 0.655. The van der Waals surface area contributed by atoms with E-state index in [9.17, 15) is 0 Å². The third kappa shape index (κ3) is 2.44. The third-order valence-corrected chi connectivity index (χ3v) is 1.38. The molecular formula is C4H7ClN8. The molecule has 0 unspecified atom stereocenters. The molecule has 0 fully saturated rings. The number of aromatic amines is 2. The van der Waals surface area contributed by atoms with Gasteiger partial charge in [0.1, 0.15) is 11.6 Å². The summed E-state index contributed by atoms with van der Waals surface area (Å²) in [6, 6.07) is 0. The summed E-state index contributed by atoms with van der Waals surface area (Å²) >= 11 is 0. The Hall–Kier alpha value is -1.57. The molecule has 13 heavy (non-hydrogen) atoms. The lowest BCUT2D eigenvalue weighted by Gasteiger charge is -1.88. The molecule has 2 rings (SSSR count). The van der Waals surface area contributed by atoms with Gasteiger partial charge in [-0.05, 0) is 20.9 Å². The highest BCUT2D eigenvalue weighted by molar-refractivity contribution is 5.85. The summed E-state index contributed by atoms with van der Waals surface area (Å²) in [5.74, 6) is 1.46. The number of halogens is 1. The van der Waals surface area contributed by atoms with Gasteiger partial charge in [-0.1, -0.05) is 0 Å². The molecule has 0 atom stereocenters. The van der Waals surface area contributed by atoms with E-state index in [4.69, 9.17) is 0 Å². The number of tetrazole rings is 2. The molecule has 2 aromatic heterocycles. The summed E-state index contributed by atoms with van der Waals surface area (Å²) in [5.41, 5.74) is 0. The maximum Gasteiger partial charge on any atom is 0.148 e. The molecule has 0 amide bonds. The van der Waals surface area contributed by atoms with E-state index < -0.39 is 0 Å². The van der Waals surface area contributed by atoms with Crippen molar-refractivity contribution in [3.63, 3.8) is 0 Å². The van der Waals surface area contributed by atoms with Crippen molar-refractivity contribution in [1.82, 2.24) is 41.2 Å². The summed E-state index contributed by atoms with van der Waals surface area (Å²) in [6.07, 6.45) is 1.40. The van der Waals surface area contributed by atoms with Gasteiger partial charge in [-0.3, -0.25) is 0 Å². The van der Waals surface area contributed by atoms with Crippen LogP contribution in [0.5, 0.6) is 0 Å². The van der Waals surface area contributed by atoms with Crippen LogP contribution in [0.25, 0.3) is 0 Å². The predicted octanol–water partition coefficient (Wildman–Crippen LogP) is -1.08. The summed E-state index contributed by atoms with van der Waals surface area (Å²) in [5, 5.41) is 26.5. The van der Waals surface area contributed by atoms with Gasteiger partial charge in [0.05, 0.1) is 0 Å². The maximum atomic E-state index is 3.72. The molecule has 0 spiro atoms. The predicted molar refractivity (Wildman–Crippen MR) is 43.0 cm³/mol. The van der Waals surface area contributed by atoms with Crippen LogP contribution in [-0.4, -0.2) is 41.2 Å². The fraction of sp³-hybridized carbons (Fsp3) is 0.500. The fourth-order valence-electron chi connectivity index (χ4n) is 0.806. The van der Waals surface area contributed by atoms with Gasteiger partial charge in [-0.25, -0.2) is 10.2 Å². The van der Waals surface area contributed by atoms with Gasteiger partial charge in [-0.2, -0.15) is 0 Å². The Morgan fingerprint density at radius 1 is 0.846 bits per heavy atom. The first-order valence-electron chi connectivity index (χ1n) is 3.40. The number of nitrogens with one attached hydrogen (secondary N) is 2. The van der Waals surface area contributed by atoms with Crippen LogP contribution in [0.1, 0.15) is 11.6 Å². The summed E-state index contributed by atoms with van der Waals surface area (Å²) < 4.78 is 0. The van der Waals surface area contributed by atoms with Crippen molar-refractivity contribution in [2.45, 2.75) is 12.8 Å². The summed E-state index contributed by atoms with van der Waals surface area (Å²) in [6.45, 7) is 0. The third-order valence-electron chi connectivity index (χ3n) is 1.38. The van der Waals surface area contributed by atoms with Crippen molar-refractivity contribution in [1.29, 1.82) is 0 Å². The lowest BCUT2D eigenvalue weighted by molar-refractivity contribution is 0.811. The second-order valence-electron chi connectivity index (χ2n) is 2.20. The van der Waals surface area contributed by atoms with Crippen LogP contribution in [0.2, 0.25) is 0 Å². The fourth-order valence-corrected chi connectivity index (χ4v) is 0.806. The average molecular weight is 203 g/mol. The smallest absolute Gasteiger partial charge is 0.148 e. The van der Waals surface area contributed by atoms with E-state index >= 15 is 0 Å². The van der Waals surface area contributed by atoms with Crippen LogP contribution in [0.4, 0.5) is 0 Å². The zero-order valence-corrected chi connectivity index (χ0v) is 7.32. The molecule has 2 heterocycles. The standard InChI is InChI=1S/C4H6N8.ClH/c1(3-5-9-10-6-3)2-4-7-11-12-8-4;/h1-2H2,(H,5,6,9,10)(H,7,8,11,12);1H. The van der Waals surface area contributed by atoms with Crippen LogP contribution in [0.15, 0.2) is 0 Å². The van der Waals surface area contributed by atoms with Gasteiger partial charge >= 0.3 is 0 Å². The lowest BCUT2D eigenvalue weighted by Crippen LogP contribution is -1.95. The van der Waals surface area contributed by atoms with Gasteiger partial charge in [0, 0.05) is 12.8 Å². The monoisotopic (exact) mass is 202 g/mol. The first-order valence-corrected chi connectivity index (χ1v) is 3.40. The van der Waals surface area contributed by atoms with Crippen LogP contribution >= 0.6 is 12.4 Å². The molecule has 2 N–H and O–H groups in total. The second kappa shape index (κ2) is 4.45. The van der Waals surface area contributed by atoms with Crippen molar-refractivity contribution in [2.75, 3.05) is 0 Å². The van der Waals surface area contributed by atoms with Crippen LogP contribution < -0.4 is 0 Å². The van der Waals surface area contributed by atoms with Gasteiger partial charge in [0.2, 0.25) is 0 Å². The van der Waals surface area contributed by atoms with Gasteiger partial charge in [0.15, 0.2) is 0 Å². The summed E-state index contributed by atoms with van der Waals surface area (Å²) in [4.78, 5) is 0. The van der Waals surface area contributed by atoms with E-state index in [0.717, 1.165) is 11.6 Å². The van der Waals surface area contributed by atoms with Crippen molar-refractivity contribution in [2.24, 2.45) is 0 Å². The first-order chi connectivity index (χ1) is 5.95. The highest BCUT2D eigenvalue weighted by Crippen LogP contribution is 1.92. The molecule has 0 aromatic carbocycles.